The lowest BCUT2D eigenvalue weighted by Gasteiger charge is -2.20. The first kappa shape index (κ1) is 12.1. The van der Waals surface area contributed by atoms with E-state index < -0.39 is 0 Å². The van der Waals surface area contributed by atoms with Crippen molar-refractivity contribution >= 4 is 16.7 Å². The van der Waals surface area contributed by atoms with Gasteiger partial charge in [-0.05, 0) is 23.8 Å². The Kier molecular flexibility index (Phi) is 2.70. The van der Waals surface area contributed by atoms with E-state index in [9.17, 15) is 0 Å². The molecule has 0 radical (unpaired) electrons. The van der Waals surface area contributed by atoms with Gasteiger partial charge in [-0.15, -0.1) is 0 Å². The second-order valence-electron chi connectivity index (χ2n) is 5.06. The molecule has 5 heteroatoms. The van der Waals surface area contributed by atoms with Crippen molar-refractivity contribution in [2.75, 3.05) is 18.9 Å². The van der Waals surface area contributed by atoms with E-state index in [1.165, 1.54) is 0 Å². The van der Waals surface area contributed by atoms with E-state index in [0.29, 0.717) is 25.4 Å². The number of para-hydroxylation sites is 2. The molecule has 0 spiro atoms. The second kappa shape index (κ2) is 4.70. The van der Waals surface area contributed by atoms with Crippen LogP contribution in [0.1, 0.15) is 5.56 Å². The molecule has 0 saturated heterocycles. The minimum Gasteiger partial charge on any atom is -0.486 e. The minimum atomic E-state index is 0.567. The number of nitrogen functional groups attached to an aromatic ring is 1. The molecule has 1 aromatic heterocycles. The van der Waals surface area contributed by atoms with Crippen LogP contribution in [0.2, 0.25) is 0 Å². The molecule has 3 aromatic rings. The van der Waals surface area contributed by atoms with Crippen LogP contribution in [0.25, 0.3) is 11.0 Å². The van der Waals surface area contributed by atoms with Gasteiger partial charge in [0.2, 0.25) is 0 Å². The second-order valence-corrected chi connectivity index (χ2v) is 5.06. The lowest BCUT2D eigenvalue weighted by molar-refractivity contribution is 0.171. The molecule has 0 aliphatic carbocycles. The maximum atomic E-state index is 6.14. The van der Waals surface area contributed by atoms with Crippen LogP contribution >= 0.6 is 0 Å². The van der Waals surface area contributed by atoms with E-state index in [1.54, 1.807) is 0 Å². The van der Waals surface area contributed by atoms with Gasteiger partial charge in [0.1, 0.15) is 13.2 Å². The highest BCUT2D eigenvalue weighted by Crippen LogP contribution is 2.34. The Bertz CT molecular complexity index is 810. The Morgan fingerprint density at radius 1 is 1.10 bits per heavy atom. The van der Waals surface area contributed by atoms with E-state index in [4.69, 9.17) is 15.2 Å². The Labute approximate surface area is 121 Å². The number of anilines is 1. The number of hydrogen-bond donors (Lipinski definition) is 1. The van der Waals surface area contributed by atoms with Crippen LogP contribution in [0.4, 0.5) is 5.69 Å². The molecule has 106 valence electrons. The molecule has 2 N–H and O–H groups in total. The van der Waals surface area contributed by atoms with Gasteiger partial charge in [-0.3, -0.25) is 0 Å². The lowest BCUT2D eigenvalue weighted by Crippen LogP contribution is -2.16. The van der Waals surface area contributed by atoms with Crippen LogP contribution < -0.4 is 15.2 Å². The van der Waals surface area contributed by atoms with Gasteiger partial charge in [0, 0.05) is 11.8 Å². The van der Waals surface area contributed by atoms with E-state index in [0.717, 1.165) is 28.1 Å². The van der Waals surface area contributed by atoms with Crippen LogP contribution in [0, 0.1) is 0 Å². The SMILES string of the molecule is Nc1cc2c(cc1Cn1cnc3ccccc31)OCCO2. The van der Waals surface area contributed by atoms with Crippen molar-refractivity contribution < 1.29 is 9.47 Å². The summed E-state index contributed by atoms with van der Waals surface area (Å²) < 4.78 is 13.2. The smallest absolute Gasteiger partial charge is 0.163 e. The molecule has 2 aromatic carbocycles. The molecule has 0 unspecified atom stereocenters. The van der Waals surface area contributed by atoms with Crippen molar-refractivity contribution in [2.24, 2.45) is 0 Å². The van der Waals surface area contributed by atoms with Gasteiger partial charge in [0.05, 0.1) is 23.9 Å². The average molecular weight is 281 g/mol. The Balaban J connectivity index is 1.74. The maximum absolute atomic E-state index is 6.14. The highest BCUT2D eigenvalue weighted by molar-refractivity contribution is 5.75. The number of nitrogens with zero attached hydrogens (tertiary/aromatic N) is 2. The van der Waals surface area contributed by atoms with Gasteiger partial charge in [-0.1, -0.05) is 12.1 Å². The number of fused-ring (bicyclic) bond motifs is 2. The number of imidazole rings is 1. The van der Waals surface area contributed by atoms with Crippen molar-refractivity contribution in [3.05, 3.63) is 48.3 Å². The minimum absolute atomic E-state index is 0.567. The summed E-state index contributed by atoms with van der Waals surface area (Å²) in [5.41, 5.74) is 9.91. The molecule has 1 aliphatic rings. The monoisotopic (exact) mass is 281 g/mol. The van der Waals surface area contributed by atoms with Crippen LogP contribution in [0.5, 0.6) is 11.5 Å². The van der Waals surface area contributed by atoms with Crippen molar-refractivity contribution in [3.63, 3.8) is 0 Å². The molecule has 1 aliphatic heterocycles. The third-order valence-electron chi connectivity index (χ3n) is 3.67. The first-order valence-corrected chi connectivity index (χ1v) is 6.89. The number of benzene rings is 2. The van der Waals surface area contributed by atoms with Gasteiger partial charge in [-0.2, -0.15) is 0 Å². The quantitative estimate of drug-likeness (QED) is 0.733. The van der Waals surface area contributed by atoms with Crippen LogP contribution in [-0.4, -0.2) is 22.8 Å². The molecule has 5 nitrogen and oxygen atoms in total. The molecule has 4 rings (SSSR count). The molecule has 0 atom stereocenters. The number of hydrogen-bond acceptors (Lipinski definition) is 4. The molecule has 0 amide bonds. The first-order valence-electron chi connectivity index (χ1n) is 6.89. The van der Waals surface area contributed by atoms with E-state index in [2.05, 4.69) is 15.6 Å². The maximum Gasteiger partial charge on any atom is 0.163 e. The highest BCUT2D eigenvalue weighted by Gasteiger charge is 2.15. The van der Waals surface area contributed by atoms with Crippen LogP contribution in [-0.2, 0) is 6.54 Å². The summed E-state index contributed by atoms with van der Waals surface area (Å²) in [6, 6.07) is 11.8. The lowest BCUT2D eigenvalue weighted by atomic mass is 10.1. The summed E-state index contributed by atoms with van der Waals surface area (Å²) in [6.45, 7) is 1.80. The van der Waals surface area contributed by atoms with Gasteiger partial charge in [0.15, 0.2) is 11.5 Å². The fraction of sp³-hybridized carbons (Fsp3) is 0.188. The van der Waals surface area contributed by atoms with E-state index >= 15 is 0 Å². The van der Waals surface area contributed by atoms with Crippen LogP contribution in [0.15, 0.2) is 42.7 Å². The number of nitrogens with two attached hydrogens (primary N) is 1. The van der Waals surface area contributed by atoms with Gasteiger partial charge < -0.3 is 19.8 Å². The van der Waals surface area contributed by atoms with Crippen LogP contribution in [0.3, 0.4) is 0 Å². The zero-order valence-corrected chi connectivity index (χ0v) is 11.5. The van der Waals surface area contributed by atoms with Crippen molar-refractivity contribution in [3.8, 4) is 11.5 Å². The predicted octanol–water partition coefficient (Wildman–Crippen LogP) is 2.44. The summed E-state index contributed by atoms with van der Waals surface area (Å²) in [5.74, 6) is 1.48. The Morgan fingerprint density at radius 2 is 1.86 bits per heavy atom. The van der Waals surface area contributed by atoms with Crippen molar-refractivity contribution in [2.45, 2.75) is 6.54 Å². The van der Waals surface area contributed by atoms with Gasteiger partial charge in [-0.25, -0.2) is 4.98 Å². The fourth-order valence-corrected chi connectivity index (χ4v) is 2.60. The van der Waals surface area contributed by atoms with Gasteiger partial charge >= 0.3 is 0 Å². The third kappa shape index (κ3) is 2.07. The number of ether oxygens (including phenoxy) is 2. The van der Waals surface area contributed by atoms with Crippen molar-refractivity contribution in [1.29, 1.82) is 0 Å². The zero-order valence-electron chi connectivity index (χ0n) is 11.5. The van der Waals surface area contributed by atoms with E-state index in [-0.39, 0.29) is 0 Å². The molecular formula is C16H15N3O2. The summed E-state index contributed by atoms with van der Waals surface area (Å²) in [4.78, 5) is 4.40. The topological polar surface area (TPSA) is 62.3 Å². The normalized spacial score (nSPS) is 13.5. The molecule has 21 heavy (non-hydrogen) atoms. The summed E-state index contributed by atoms with van der Waals surface area (Å²) >= 11 is 0. The van der Waals surface area contributed by atoms with Crippen molar-refractivity contribution in [1.82, 2.24) is 9.55 Å². The summed E-state index contributed by atoms with van der Waals surface area (Å²) in [7, 11) is 0. The first-order chi connectivity index (χ1) is 10.3. The average Bonchev–Trinajstić information content (AvgIpc) is 2.91. The molecule has 2 heterocycles. The molecular weight excluding hydrogens is 266 g/mol. The number of aromatic nitrogens is 2. The molecule has 0 bridgehead atoms. The third-order valence-corrected chi connectivity index (χ3v) is 3.67. The van der Waals surface area contributed by atoms with Gasteiger partial charge in [0.25, 0.3) is 0 Å². The Hall–Kier alpha value is -2.69. The standard InChI is InChI=1S/C16H15N3O2/c17-12-8-16-15(20-5-6-21-16)7-11(12)9-19-10-18-13-3-1-2-4-14(13)19/h1-4,7-8,10H,5-6,9,17H2. The molecule has 0 saturated carbocycles. The largest absolute Gasteiger partial charge is 0.486 e. The summed E-state index contributed by atoms with van der Waals surface area (Å²) in [5, 5.41) is 0. The predicted molar refractivity (Wildman–Crippen MR) is 80.7 cm³/mol. The van der Waals surface area contributed by atoms with E-state index in [1.807, 2.05) is 36.7 Å². The zero-order chi connectivity index (χ0) is 14.2. The highest BCUT2D eigenvalue weighted by atomic mass is 16.6. The molecule has 0 fully saturated rings. The fourth-order valence-electron chi connectivity index (χ4n) is 2.60. The Morgan fingerprint density at radius 3 is 2.71 bits per heavy atom. The summed E-state index contributed by atoms with van der Waals surface area (Å²) in [6.07, 6.45) is 1.83. The number of rotatable bonds is 2.